The van der Waals surface area contributed by atoms with Crippen LogP contribution < -0.4 is 10.1 Å². The van der Waals surface area contributed by atoms with Crippen molar-refractivity contribution < 1.29 is 17.9 Å². The molecular weight excluding hydrogens is 219 g/mol. The van der Waals surface area contributed by atoms with E-state index in [1.165, 1.54) is 0 Å². The van der Waals surface area contributed by atoms with E-state index in [-0.39, 0.29) is 6.04 Å². The number of methoxy groups -OCH3 is 1. The van der Waals surface area contributed by atoms with Crippen LogP contribution in [0, 0.1) is 0 Å². The first-order valence-corrected chi connectivity index (χ1v) is 4.86. The molecule has 0 aliphatic carbocycles. The molecule has 1 atom stereocenters. The van der Waals surface area contributed by atoms with E-state index in [0.717, 1.165) is 5.56 Å². The molecule has 0 bridgehead atoms. The van der Waals surface area contributed by atoms with Gasteiger partial charge in [0.2, 0.25) is 0 Å². The number of nitrogens with one attached hydrogen (secondary N) is 1. The summed E-state index contributed by atoms with van der Waals surface area (Å²) in [6.45, 7) is 0.702. The summed E-state index contributed by atoms with van der Waals surface area (Å²) in [5.41, 5.74) is 0.796. The van der Waals surface area contributed by atoms with Gasteiger partial charge in [-0.05, 0) is 24.6 Å². The summed E-state index contributed by atoms with van der Waals surface area (Å²) >= 11 is 0. The fraction of sp³-hybridized carbons (Fsp3) is 0.455. The fourth-order valence-electron chi connectivity index (χ4n) is 1.28. The second-order valence-corrected chi connectivity index (χ2v) is 3.49. The Balaban J connectivity index is 2.56. The number of halogens is 3. The maximum atomic E-state index is 12.0. The monoisotopic (exact) mass is 233 g/mol. The van der Waals surface area contributed by atoms with Gasteiger partial charge in [-0.2, -0.15) is 13.2 Å². The second kappa shape index (κ2) is 5.21. The average Bonchev–Trinajstić information content (AvgIpc) is 2.25. The van der Waals surface area contributed by atoms with E-state index >= 15 is 0 Å². The third-order valence-corrected chi connectivity index (χ3v) is 2.22. The smallest absolute Gasteiger partial charge is 0.401 e. The zero-order valence-corrected chi connectivity index (χ0v) is 9.14. The van der Waals surface area contributed by atoms with Crippen molar-refractivity contribution in [3.8, 4) is 5.75 Å². The van der Waals surface area contributed by atoms with Crippen LogP contribution in [0.3, 0.4) is 0 Å². The van der Waals surface area contributed by atoms with Crippen LogP contribution in [-0.2, 0) is 0 Å². The van der Waals surface area contributed by atoms with Crippen molar-refractivity contribution in [3.05, 3.63) is 29.8 Å². The molecule has 2 nitrogen and oxygen atoms in total. The Morgan fingerprint density at radius 2 is 1.81 bits per heavy atom. The Morgan fingerprint density at radius 1 is 1.25 bits per heavy atom. The van der Waals surface area contributed by atoms with E-state index < -0.39 is 12.7 Å². The van der Waals surface area contributed by atoms with E-state index in [1.807, 2.05) is 0 Å². The summed E-state index contributed by atoms with van der Waals surface area (Å²) in [7, 11) is 1.54. The first-order chi connectivity index (χ1) is 7.42. The predicted molar refractivity (Wildman–Crippen MR) is 55.5 cm³/mol. The second-order valence-electron chi connectivity index (χ2n) is 3.49. The molecule has 1 N–H and O–H groups in total. The standard InChI is InChI=1S/C11H14F3NO/c1-8(15-7-11(12,13)14)9-3-5-10(16-2)6-4-9/h3-6,8,15H,7H2,1-2H3. The van der Waals surface area contributed by atoms with Gasteiger partial charge < -0.3 is 10.1 Å². The molecule has 0 heterocycles. The van der Waals surface area contributed by atoms with Gasteiger partial charge in [0.1, 0.15) is 5.75 Å². The van der Waals surface area contributed by atoms with E-state index in [2.05, 4.69) is 5.32 Å². The van der Waals surface area contributed by atoms with E-state index in [0.29, 0.717) is 5.75 Å². The van der Waals surface area contributed by atoms with Crippen molar-refractivity contribution in [3.63, 3.8) is 0 Å². The topological polar surface area (TPSA) is 21.3 Å². The normalized spacial score (nSPS) is 13.6. The van der Waals surface area contributed by atoms with Crippen LogP contribution in [0.4, 0.5) is 13.2 Å². The Labute approximate surface area is 92.4 Å². The van der Waals surface area contributed by atoms with Gasteiger partial charge in [0, 0.05) is 6.04 Å². The van der Waals surface area contributed by atoms with Crippen molar-refractivity contribution in [2.24, 2.45) is 0 Å². The molecule has 0 fully saturated rings. The lowest BCUT2D eigenvalue weighted by Crippen LogP contribution is -2.30. The molecule has 0 aliphatic heterocycles. The van der Waals surface area contributed by atoms with Crippen LogP contribution in [0.25, 0.3) is 0 Å². The van der Waals surface area contributed by atoms with Crippen molar-refractivity contribution in [2.75, 3.05) is 13.7 Å². The van der Waals surface area contributed by atoms with Crippen molar-refractivity contribution >= 4 is 0 Å². The number of rotatable bonds is 4. The Kier molecular flexibility index (Phi) is 4.18. The third kappa shape index (κ3) is 4.10. The zero-order chi connectivity index (χ0) is 12.2. The fourth-order valence-corrected chi connectivity index (χ4v) is 1.28. The van der Waals surface area contributed by atoms with Crippen LogP contribution in [0.5, 0.6) is 5.75 Å². The zero-order valence-electron chi connectivity index (χ0n) is 9.14. The van der Waals surface area contributed by atoms with Crippen LogP contribution in [0.2, 0.25) is 0 Å². The molecule has 90 valence electrons. The lowest BCUT2D eigenvalue weighted by atomic mass is 10.1. The highest BCUT2D eigenvalue weighted by Gasteiger charge is 2.27. The lowest BCUT2D eigenvalue weighted by molar-refractivity contribution is -0.126. The van der Waals surface area contributed by atoms with Gasteiger partial charge in [-0.3, -0.25) is 0 Å². The largest absolute Gasteiger partial charge is 0.497 e. The van der Waals surface area contributed by atoms with Gasteiger partial charge in [-0.1, -0.05) is 12.1 Å². The molecule has 16 heavy (non-hydrogen) atoms. The Bertz CT molecular complexity index is 321. The maximum absolute atomic E-state index is 12.0. The molecule has 1 unspecified atom stereocenters. The molecule has 0 saturated heterocycles. The first kappa shape index (κ1) is 12.8. The van der Waals surface area contributed by atoms with Crippen LogP contribution in [0.1, 0.15) is 18.5 Å². The quantitative estimate of drug-likeness (QED) is 0.863. The molecule has 0 amide bonds. The van der Waals surface area contributed by atoms with Gasteiger partial charge in [0.25, 0.3) is 0 Å². The minimum atomic E-state index is -4.18. The highest BCUT2D eigenvalue weighted by Crippen LogP contribution is 2.19. The van der Waals surface area contributed by atoms with Crippen molar-refractivity contribution in [2.45, 2.75) is 19.1 Å². The first-order valence-electron chi connectivity index (χ1n) is 4.86. The molecular formula is C11H14F3NO. The number of hydrogen-bond acceptors (Lipinski definition) is 2. The van der Waals surface area contributed by atoms with Gasteiger partial charge in [-0.15, -0.1) is 0 Å². The number of ether oxygens (including phenoxy) is 1. The molecule has 1 aromatic carbocycles. The SMILES string of the molecule is COc1ccc(C(C)NCC(F)(F)F)cc1. The maximum Gasteiger partial charge on any atom is 0.401 e. The molecule has 0 spiro atoms. The molecule has 0 saturated carbocycles. The number of alkyl halides is 3. The lowest BCUT2D eigenvalue weighted by Gasteiger charge is -2.16. The van der Waals surface area contributed by atoms with Crippen molar-refractivity contribution in [1.82, 2.24) is 5.32 Å². The third-order valence-electron chi connectivity index (χ3n) is 2.22. The summed E-state index contributed by atoms with van der Waals surface area (Å²) in [6.07, 6.45) is -4.18. The number of hydrogen-bond donors (Lipinski definition) is 1. The van der Waals surface area contributed by atoms with E-state index in [1.54, 1.807) is 38.3 Å². The summed E-state index contributed by atoms with van der Waals surface area (Å²) in [4.78, 5) is 0. The minimum Gasteiger partial charge on any atom is -0.497 e. The summed E-state index contributed by atoms with van der Waals surface area (Å²) in [5, 5.41) is 2.41. The molecule has 1 rings (SSSR count). The van der Waals surface area contributed by atoms with Gasteiger partial charge >= 0.3 is 6.18 Å². The van der Waals surface area contributed by atoms with Gasteiger partial charge in [0.15, 0.2) is 0 Å². The summed E-state index contributed by atoms with van der Waals surface area (Å²) in [5.74, 6) is 0.687. The molecule has 5 heteroatoms. The molecule has 0 aliphatic rings. The number of benzene rings is 1. The molecule has 1 aromatic rings. The highest BCUT2D eigenvalue weighted by molar-refractivity contribution is 5.28. The Morgan fingerprint density at radius 3 is 2.25 bits per heavy atom. The van der Waals surface area contributed by atoms with Gasteiger partial charge in [0.05, 0.1) is 13.7 Å². The highest BCUT2D eigenvalue weighted by atomic mass is 19.4. The van der Waals surface area contributed by atoms with E-state index in [4.69, 9.17) is 4.74 Å². The minimum absolute atomic E-state index is 0.340. The Hall–Kier alpha value is -1.23. The van der Waals surface area contributed by atoms with Crippen LogP contribution in [-0.4, -0.2) is 19.8 Å². The van der Waals surface area contributed by atoms with E-state index in [9.17, 15) is 13.2 Å². The van der Waals surface area contributed by atoms with Crippen LogP contribution >= 0.6 is 0 Å². The predicted octanol–water partition coefficient (Wildman–Crippen LogP) is 2.91. The molecule has 0 radical (unpaired) electrons. The summed E-state index contributed by atoms with van der Waals surface area (Å²) in [6, 6.07) is 6.59. The average molecular weight is 233 g/mol. The molecule has 0 aromatic heterocycles. The summed E-state index contributed by atoms with van der Waals surface area (Å²) < 4.78 is 40.9. The van der Waals surface area contributed by atoms with Crippen LogP contribution in [0.15, 0.2) is 24.3 Å². The van der Waals surface area contributed by atoms with Crippen molar-refractivity contribution in [1.29, 1.82) is 0 Å². The van der Waals surface area contributed by atoms with Gasteiger partial charge in [-0.25, -0.2) is 0 Å².